The van der Waals surface area contributed by atoms with E-state index in [1.807, 2.05) is 67.6 Å². The van der Waals surface area contributed by atoms with Gasteiger partial charge in [-0.05, 0) is 48.4 Å². The molecule has 1 N–H and O–H groups in total. The molecular weight excluding hydrogens is 384 g/mol. The molecule has 0 fully saturated rings. The van der Waals surface area contributed by atoms with Crippen molar-refractivity contribution >= 4 is 28.8 Å². The molecule has 0 aliphatic heterocycles. The average molecular weight is 403 g/mol. The lowest BCUT2D eigenvalue weighted by Gasteiger charge is -2.08. The second kappa shape index (κ2) is 7.94. The monoisotopic (exact) mass is 402 g/mol. The van der Waals surface area contributed by atoms with Crippen LogP contribution in [0, 0.1) is 6.92 Å². The number of pyridine rings is 1. The van der Waals surface area contributed by atoms with Gasteiger partial charge in [0.15, 0.2) is 0 Å². The standard InChI is InChI=1S/C24H19ClN2O2/c1-16-5-9-18(10-6-16)21-14-20-4-2-3-13-27(20)22(21)23(28)24(29)26-15-17-7-11-19(25)12-8-17/h2-14H,15H2,1H3,(H,26,29). The number of nitrogens with one attached hydrogen (secondary N) is 1. The van der Waals surface area contributed by atoms with Crippen molar-refractivity contribution in [2.45, 2.75) is 13.5 Å². The molecule has 2 aromatic heterocycles. The Morgan fingerprint density at radius 3 is 2.41 bits per heavy atom. The lowest BCUT2D eigenvalue weighted by molar-refractivity contribution is -0.117. The number of carbonyl (C=O) groups is 2. The minimum atomic E-state index is -0.642. The molecule has 0 spiro atoms. The van der Waals surface area contributed by atoms with Crippen LogP contribution in [0.15, 0.2) is 79.0 Å². The molecular formula is C24H19ClN2O2. The maximum atomic E-state index is 13.1. The number of nitrogens with zero attached hydrogens (tertiary/aromatic N) is 1. The van der Waals surface area contributed by atoms with Crippen molar-refractivity contribution in [1.82, 2.24) is 9.72 Å². The molecule has 29 heavy (non-hydrogen) atoms. The van der Waals surface area contributed by atoms with Crippen molar-refractivity contribution in [1.29, 1.82) is 0 Å². The van der Waals surface area contributed by atoms with Crippen LogP contribution in [0.1, 0.15) is 21.6 Å². The quantitative estimate of drug-likeness (QED) is 0.374. The van der Waals surface area contributed by atoms with Crippen molar-refractivity contribution in [3.05, 3.63) is 101 Å². The third-order valence-electron chi connectivity index (χ3n) is 4.83. The van der Waals surface area contributed by atoms with Crippen LogP contribution in [-0.4, -0.2) is 16.1 Å². The summed E-state index contributed by atoms with van der Waals surface area (Å²) < 4.78 is 1.76. The Labute approximate surface area is 173 Å². The zero-order valence-electron chi connectivity index (χ0n) is 15.9. The van der Waals surface area contributed by atoms with E-state index in [-0.39, 0.29) is 6.54 Å². The molecule has 4 nitrogen and oxygen atoms in total. The van der Waals surface area contributed by atoms with E-state index in [0.29, 0.717) is 10.7 Å². The van der Waals surface area contributed by atoms with Gasteiger partial charge in [0.25, 0.3) is 11.7 Å². The van der Waals surface area contributed by atoms with Crippen molar-refractivity contribution in [2.24, 2.45) is 0 Å². The van der Waals surface area contributed by atoms with Crippen molar-refractivity contribution < 1.29 is 9.59 Å². The Morgan fingerprint density at radius 2 is 1.69 bits per heavy atom. The van der Waals surface area contributed by atoms with E-state index in [2.05, 4.69) is 5.32 Å². The van der Waals surface area contributed by atoms with Gasteiger partial charge in [-0.1, -0.05) is 59.6 Å². The molecule has 0 bridgehead atoms. The molecule has 0 radical (unpaired) electrons. The summed E-state index contributed by atoms with van der Waals surface area (Å²) in [5.41, 5.74) is 4.85. The topological polar surface area (TPSA) is 50.6 Å². The molecule has 4 rings (SSSR count). The first-order valence-electron chi connectivity index (χ1n) is 9.27. The van der Waals surface area contributed by atoms with Crippen LogP contribution in [0.4, 0.5) is 0 Å². The normalized spacial score (nSPS) is 10.8. The number of aryl methyl sites for hydroxylation is 1. The summed E-state index contributed by atoms with van der Waals surface area (Å²) >= 11 is 5.89. The lowest BCUT2D eigenvalue weighted by atomic mass is 10.0. The van der Waals surface area contributed by atoms with Crippen LogP contribution in [0.2, 0.25) is 5.02 Å². The molecule has 2 heterocycles. The highest BCUT2D eigenvalue weighted by Crippen LogP contribution is 2.28. The van der Waals surface area contributed by atoms with Crippen LogP contribution in [0.25, 0.3) is 16.6 Å². The van der Waals surface area contributed by atoms with E-state index in [1.165, 1.54) is 0 Å². The third kappa shape index (κ3) is 3.93. The first kappa shape index (κ1) is 19.0. The van der Waals surface area contributed by atoms with Gasteiger partial charge in [-0.2, -0.15) is 0 Å². The Morgan fingerprint density at radius 1 is 0.966 bits per heavy atom. The van der Waals surface area contributed by atoms with Gasteiger partial charge >= 0.3 is 0 Å². The number of halogens is 1. The number of Topliss-reactive ketones (excluding diaryl/α,β-unsaturated/α-hetero) is 1. The highest BCUT2D eigenvalue weighted by atomic mass is 35.5. The zero-order valence-corrected chi connectivity index (χ0v) is 16.6. The number of carbonyl (C=O) groups excluding carboxylic acids is 2. The number of aromatic nitrogens is 1. The van der Waals surface area contributed by atoms with Gasteiger partial charge in [0, 0.05) is 28.8 Å². The summed E-state index contributed by atoms with van der Waals surface area (Å²) in [5, 5.41) is 3.34. The van der Waals surface area contributed by atoms with Gasteiger partial charge in [0.05, 0.1) is 0 Å². The summed E-state index contributed by atoms with van der Waals surface area (Å²) in [5.74, 6) is -1.21. The molecule has 0 saturated heterocycles. The zero-order chi connectivity index (χ0) is 20.4. The van der Waals surface area contributed by atoms with Gasteiger partial charge in [-0.3, -0.25) is 9.59 Å². The minimum Gasteiger partial charge on any atom is -0.345 e. The van der Waals surface area contributed by atoms with Gasteiger partial charge in [-0.15, -0.1) is 0 Å². The van der Waals surface area contributed by atoms with E-state index < -0.39 is 11.7 Å². The number of fused-ring (bicyclic) bond motifs is 1. The number of benzene rings is 2. The Balaban J connectivity index is 1.67. The molecule has 0 atom stereocenters. The fraction of sp³-hybridized carbons (Fsp3) is 0.0833. The van der Waals surface area contributed by atoms with Crippen LogP contribution < -0.4 is 5.32 Å². The highest BCUT2D eigenvalue weighted by molar-refractivity contribution is 6.43. The maximum Gasteiger partial charge on any atom is 0.294 e. The highest BCUT2D eigenvalue weighted by Gasteiger charge is 2.24. The van der Waals surface area contributed by atoms with Gasteiger partial charge in [0.1, 0.15) is 5.69 Å². The largest absolute Gasteiger partial charge is 0.345 e. The first-order chi connectivity index (χ1) is 14.0. The number of hydrogen-bond donors (Lipinski definition) is 1. The Kier molecular flexibility index (Phi) is 5.19. The van der Waals surface area contributed by atoms with Gasteiger partial charge in [0.2, 0.25) is 0 Å². The van der Waals surface area contributed by atoms with E-state index in [0.717, 1.165) is 27.8 Å². The summed E-state index contributed by atoms with van der Waals surface area (Å²) in [7, 11) is 0. The van der Waals surface area contributed by atoms with Crippen LogP contribution >= 0.6 is 11.6 Å². The summed E-state index contributed by atoms with van der Waals surface area (Å²) in [6, 6.07) is 22.6. The first-order valence-corrected chi connectivity index (χ1v) is 9.65. The molecule has 0 unspecified atom stereocenters. The van der Waals surface area contributed by atoms with Crippen molar-refractivity contribution in [2.75, 3.05) is 0 Å². The number of ketones is 1. The molecule has 5 heteroatoms. The lowest BCUT2D eigenvalue weighted by Crippen LogP contribution is -2.31. The third-order valence-corrected chi connectivity index (χ3v) is 5.08. The van der Waals surface area contributed by atoms with Crippen molar-refractivity contribution in [3.63, 3.8) is 0 Å². The van der Waals surface area contributed by atoms with E-state index in [4.69, 9.17) is 11.6 Å². The summed E-state index contributed by atoms with van der Waals surface area (Å²) in [4.78, 5) is 25.8. The SMILES string of the molecule is Cc1ccc(-c2cc3ccccn3c2C(=O)C(=O)NCc2ccc(Cl)cc2)cc1. The van der Waals surface area contributed by atoms with Crippen LogP contribution in [0.5, 0.6) is 0 Å². The number of amides is 1. The van der Waals surface area contributed by atoms with E-state index >= 15 is 0 Å². The predicted molar refractivity (Wildman–Crippen MR) is 115 cm³/mol. The fourth-order valence-corrected chi connectivity index (χ4v) is 3.41. The maximum absolute atomic E-state index is 13.1. The van der Waals surface area contributed by atoms with Crippen LogP contribution in [-0.2, 0) is 11.3 Å². The molecule has 0 aliphatic carbocycles. The summed E-state index contributed by atoms with van der Waals surface area (Å²) in [6.45, 7) is 2.27. The van der Waals surface area contributed by atoms with Crippen LogP contribution in [0.3, 0.4) is 0 Å². The molecule has 2 aromatic carbocycles. The second-order valence-electron chi connectivity index (χ2n) is 6.91. The molecule has 1 amide bonds. The second-order valence-corrected chi connectivity index (χ2v) is 7.34. The van der Waals surface area contributed by atoms with E-state index in [1.54, 1.807) is 22.7 Å². The number of hydrogen-bond acceptors (Lipinski definition) is 2. The van der Waals surface area contributed by atoms with Gasteiger partial charge < -0.3 is 9.72 Å². The molecule has 144 valence electrons. The van der Waals surface area contributed by atoms with Crippen molar-refractivity contribution in [3.8, 4) is 11.1 Å². The average Bonchev–Trinajstić information content (AvgIpc) is 3.12. The van der Waals surface area contributed by atoms with Gasteiger partial charge in [-0.25, -0.2) is 0 Å². The predicted octanol–water partition coefficient (Wildman–Crippen LogP) is 5.07. The fourth-order valence-electron chi connectivity index (χ4n) is 3.28. The number of rotatable bonds is 5. The summed E-state index contributed by atoms with van der Waals surface area (Å²) in [6.07, 6.45) is 1.80. The van der Waals surface area contributed by atoms with E-state index in [9.17, 15) is 9.59 Å². The molecule has 4 aromatic rings. The minimum absolute atomic E-state index is 0.255. The molecule has 0 saturated carbocycles. The molecule has 0 aliphatic rings. The smallest absolute Gasteiger partial charge is 0.294 e. The Hall–Kier alpha value is -3.37. The Bertz CT molecular complexity index is 1190.